The van der Waals surface area contributed by atoms with Crippen molar-refractivity contribution >= 4 is 5.91 Å². The van der Waals surface area contributed by atoms with Crippen LogP contribution in [0.3, 0.4) is 0 Å². The smallest absolute Gasteiger partial charge is 0.267 e. The van der Waals surface area contributed by atoms with Crippen LogP contribution in [-0.4, -0.2) is 35.5 Å². The average Bonchev–Trinajstić information content (AvgIpc) is 2.63. The van der Waals surface area contributed by atoms with Crippen molar-refractivity contribution in [1.29, 1.82) is 0 Å². The number of piperidine rings is 1. The maximum absolute atomic E-state index is 11.2. The highest BCUT2D eigenvalue weighted by Crippen LogP contribution is 2.21. The highest BCUT2D eigenvalue weighted by atomic mass is 16.5. The third-order valence-electron chi connectivity index (χ3n) is 4.83. The molecule has 1 saturated heterocycles. The predicted molar refractivity (Wildman–Crippen MR) is 97.4 cm³/mol. The molecule has 0 bridgehead atoms. The quantitative estimate of drug-likeness (QED) is 0.879. The van der Waals surface area contributed by atoms with Gasteiger partial charge < -0.3 is 10.5 Å². The first-order valence-corrected chi connectivity index (χ1v) is 8.77. The van der Waals surface area contributed by atoms with E-state index in [0.29, 0.717) is 18.3 Å². The monoisotopic (exact) mass is 339 g/mol. The maximum Gasteiger partial charge on any atom is 0.267 e. The van der Waals surface area contributed by atoms with Crippen LogP contribution < -0.4 is 10.5 Å². The Morgan fingerprint density at radius 1 is 1.28 bits per heavy atom. The minimum absolute atomic E-state index is 0.241. The molecule has 1 aromatic heterocycles. The molecule has 2 aromatic rings. The zero-order valence-electron chi connectivity index (χ0n) is 14.6. The molecule has 0 unspecified atom stereocenters. The number of nitrogens with zero attached hydrogens (tertiary/aromatic N) is 2. The SMILES string of the molecule is Cc1ccccc1CN1CCC(COc2ccnc(C(N)=O)c2)CC1. The van der Waals surface area contributed by atoms with Crippen LogP contribution in [0.4, 0.5) is 0 Å². The van der Waals surface area contributed by atoms with Crippen molar-refractivity contribution in [2.75, 3.05) is 19.7 Å². The van der Waals surface area contributed by atoms with Crippen LogP contribution in [0.15, 0.2) is 42.6 Å². The molecule has 0 aliphatic carbocycles. The van der Waals surface area contributed by atoms with Crippen LogP contribution in [0.5, 0.6) is 5.75 Å². The van der Waals surface area contributed by atoms with Crippen LogP contribution in [0.1, 0.15) is 34.5 Å². The number of amides is 1. The summed E-state index contributed by atoms with van der Waals surface area (Å²) in [4.78, 5) is 17.6. The number of carbonyl (C=O) groups excluding carboxylic acids is 1. The number of primary amides is 1. The number of hydrogen-bond acceptors (Lipinski definition) is 4. The molecule has 1 aliphatic rings. The van der Waals surface area contributed by atoms with E-state index in [1.807, 2.05) is 0 Å². The summed E-state index contributed by atoms with van der Waals surface area (Å²) in [5.41, 5.74) is 8.26. The molecule has 1 fully saturated rings. The normalized spacial score (nSPS) is 15.9. The summed E-state index contributed by atoms with van der Waals surface area (Å²) in [7, 11) is 0. The second-order valence-electron chi connectivity index (χ2n) is 6.70. The molecule has 0 saturated carbocycles. The molecule has 132 valence electrons. The van der Waals surface area contributed by atoms with E-state index in [9.17, 15) is 4.79 Å². The first kappa shape index (κ1) is 17.4. The van der Waals surface area contributed by atoms with E-state index >= 15 is 0 Å². The van der Waals surface area contributed by atoms with E-state index in [0.717, 1.165) is 32.5 Å². The lowest BCUT2D eigenvalue weighted by Gasteiger charge is -2.32. The number of likely N-dealkylation sites (tertiary alicyclic amines) is 1. The average molecular weight is 339 g/mol. The molecule has 0 radical (unpaired) electrons. The first-order valence-electron chi connectivity index (χ1n) is 8.77. The third kappa shape index (κ3) is 4.79. The number of rotatable bonds is 6. The van der Waals surface area contributed by atoms with Crippen molar-refractivity contribution in [1.82, 2.24) is 9.88 Å². The van der Waals surface area contributed by atoms with Crippen molar-refractivity contribution in [3.8, 4) is 5.75 Å². The summed E-state index contributed by atoms with van der Waals surface area (Å²) in [5, 5.41) is 0. The minimum atomic E-state index is -0.532. The molecule has 2 N–H and O–H groups in total. The summed E-state index contributed by atoms with van der Waals surface area (Å²) >= 11 is 0. The highest BCUT2D eigenvalue weighted by molar-refractivity contribution is 5.91. The summed E-state index contributed by atoms with van der Waals surface area (Å²) < 4.78 is 5.84. The van der Waals surface area contributed by atoms with Crippen molar-refractivity contribution < 1.29 is 9.53 Å². The maximum atomic E-state index is 11.2. The lowest BCUT2D eigenvalue weighted by molar-refractivity contribution is 0.0994. The molecule has 25 heavy (non-hydrogen) atoms. The van der Waals surface area contributed by atoms with Gasteiger partial charge in [-0.3, -0.25) is 14.7 Å². The van der Waals surface area contributed by atoms with Crippen molar-refractivity contribution in [3.05, 3.63) is 59.4 Å². The van der Waals surface area contributed by atoms with Crippen LogP contribution in [0, 0.1) is 12.8 Å². The van der Waals surface area contributed by atoms with Crippen molar-refractivity contribution in [2.24, 2.45) is 11.7 Å². The largest absolute Gasteiger partial charge is 0.493 e. The Bertz CT molecular complexity index is 724. The van der Waals surface area contributed by atoms with E-state index in [-0.39, 0.29) is 5.69 Å². The van der Waals surface area contributed by atoms with E-state index in [1.165, 1.54) is 11.1 Å². The highest BCUT2D eigenvalue weighted by Gasteiger charge is 2.20. The topological polar surface area (TPSA) is 68.4 Å². The van der Waals surface area contributed by atoms with E-state index in [1.54, 1.807) is 18.3 Å². The van der Waals surface area contributed by atoms with Gasteiger partial charge in [0.05, 0.1) is 6.61 Å². The number of pyridine rings is 1. The minimum Gasteiger partial charge on any atom is -0.493 e. The molecular formula is C20H25N3O2. The first-order chi connectivity index (χ1) is 12.1. The van der Waals surface area contributed by atoms with Gasteiger partial charge in [0.25, 0.3) is 5.91 Å². The Kier molecular flexibility index (Phi) is 5.66. The fourth-order valence-corrected chi connectivity index (χ4v) is 3.19. The van der Waals surface area contributed by atoms with Crippen LogP contribution in [0.25, 0.3) is 0 Å². The number of carbonyl (C=O) groups is 1. The Hall–Kier alpha value is -2.40. The Balaban J connectivity index is 1.46. The zero-order chi connectivity index (χ0) is 17.6. The Morgan fingerprint density at radius 2 is 2.04 bits per heavy atom. The Morgan fingerprint density at radius 3 is 2.76 bits per heavy atom. The predicted octanol–water partition coefficient (Wildman–Crippen LogP) is 2.78. The van der Waals surface area contributed by atoms with Gasteiger partial charge >= 0.3 is 0 Å². The van der Waals surface area contributed by atoms with Crippen LogP contribution in [0.2, 0.25) is 0 Å². The summed E-state index contributed by atoms with van der Waals surface area (Å²) in [6.45, 7) is 6.04. The molecule has 0 spiro atoms. The summed E-state index contributed by atoms with van der Waals surface area (Å²) in [5.74, 6) is 0.666. The van der Waals surface area contributed by atoms with Gasteiger partial charge in [0.1, 0.15) is 11.4 Å². The molecule has 0 atom stereocenters. The molecule has 3 rings (SSSR count). The van der Waals surface area contributed by atoms with E-state index < -0.39 is 5.91 Å². The van der Waals surface area contributed by atoms with Gasteiger partial charge in [-0.1, -0.05) is 24.3 Å². The van der Waals surface area contributed by atoms with Gasteiger partial charge in [0.2, 0.25) is 0 Å². The lowest BCUT2D eigenvalue weighted by Crippen LogP contribution is -2.35. The second kappa shape index (κ2) is 8.12. The summed E-state index contributed by atoms with van der Waals surface area (Å²) in [6.07, 6.45) is 3.81. The second-order valence-corrected chi connectivity index (χ2v) is 6.70. The van der Waals surface area contributed by atoms with E-state index in [4.69, 9.17) is 10.5 Å². The molecule has 1 aromatic carbocycles. The van der Waals surface area contributed by atoms with Gasteiger partial charge in [-0.05, 0) is 56.0 Å². The van der Waals surface area contributed by atoms with Crippen LogP contribution >= 0.6 is 0 Å². The number of aromatic nitrogens is 1. The molecular weight excluding hydrogens is 314 g/mol. The Labute approximate surface area is 148 Å². The van der Waals surface area contributed by atoms with Crippen molar-refractivity contribution in [3.63, 3.8) is 0 Å². The molecule has 2 heterocycles. The number of hydrogen-bond donors (Lipinski definition) is 1. The van der Waals surface area contributed by atoms with Gasteiger partial charge in [-0.25, -0.2) is 0 Å². The van der Waals surface area contributed by atoms with Crippen LogP contribution in [-0.2, 0) is 6.54 Å². The standard InChI is InChI=1S/C20H25N3O2/c1-15-4-2-3-5-17(15)13-23-10-7-16(8-11-23)14-25-18-6-9-22-19(12-18)20(21)24/h2-6,9,12,16H,7-8,10-11,13-14H2,1H3,(H2,21,24). The number of benzene rings is 1. The summed E-state index contributed by atoms with van der Waals surface area (Å²) in [6, 6.07) is 12.0. The fourth-order valence-electron chi connectivity index (χ4n) is 3.19. The lowest BCUT2D eigenvalue weighted by atomic mass is 9.97. The molecule has 5 nitrogen and oxygen atoms in total. The zero-order valence-corrected chi connectivity index (χ0v) is 14.6. The molecule has 5 heteroatoms. The number of aryl methyl sites for hydroxylation is 1. The number of ether oxygens (including phenoxy) is 1. The van der Waals surface area contributed by atoms with Crippen molar-refractivity contribution in [2.45, 2.75) is 26.3 Å². The molecule has 1 aliphatic heterocycles. The van der Waals surface area contributed by atoms with Gasteiger partial charge in [0.15, 0.2) is 0 Å². The fraction of sp³-hybridized carbons (Fsp3) is 0.400. The number of nitrogens with two attached hydrogens (primary N) is 1. The molecule has 1 amide bonds. The van der Waals surface area contributed by atoms with Gasteiger partial charge in [0, 0.05) is 18.8 Å². The van der Waals surface area contributed by atoms with Gasteiger partial charge in [-0.15, -0.1) is 0 Å². The van der Waals surface area contributed by atoms with E-state index in [2.05, 4.69) is 41.1 Å². The third-order valence-corrected chi connectivity index (χ3v) is 4.83. The van der Waals surface area contributed by atoms with Gasteiger partial charge in [-0.2, -0.15) is 0 Å².